The molecule has 1 saturated heterocycles. The van der Waals surface area contributed by atoms with Gasteiger partial charge in [-0.1, -0.05) is 12.1 Å². The molecule has 0 aromatic heterocycles. The molecule has 1 amide bonds. The van der Waals surface area contributed by atoms with Crippen LogP contribution in [0.15, 0.2) is 24.8 Å². The molecule has 2 rings (SSSR count). The summed E-state index contributed by atoms with van der Waals surface area (Å²) in [5, 5.41) is 11.3. The van der Waals surface area contributed by atoms with Gasteiger partial charge in [0.1, 0.15) is 0 Å². The van der Waals surface area contributed by atoms with Crippen molar-refractivity contribution in [2.75, 3.05) is 19.6 Å². The second-order valence-electron chi connectivity index (χ2n) is 4.92. The Labute approximate surface area is 134 Å². The fraction of sp³-hybridized carbons (Fsp3) is 0.438. The summed E-state index contributed by atoms with van der Waals surface area (Å²) >= 11 is 1.56. The lowest BCUT2D eigenvalue weighted by Gasteiger charge is -2.15. The number of nitrogens with zero attached hydrogens (tertiary/aromatic N) is 1. The van der Waals surface area contributed by atoms with Gasteiger partial charge in [-0.15, -0.1) is 18.3 Å². The number of hydrogen-bond donors (Lipinski definition) is 1. The Morgan fingerprint density at radius 3 is 2.95 bits per heavy atom. The minimum atomic E-state index is -0.169. The highest BCUT2D eigenvalue weighted by Crippen LogP contribution is 2.34. The lowest BCUT2D eigenvalue weighted by molar-refractivity contribution is -0.175. The van der Waals surface area contributed by atoms with Gasteiger partial charge in [-0.05, 0) is 31.4 Å². The van der Waals surface area contributed by atoms with Crippen LogP contribution in [0.25, 0.3) is 0 Å². The van der Waals surface area contributed by atoms with E-state index >= 15 is 0 Å². The summed E-state index contributed by atoms with van der Waals surface area (Å²) in [6.07, 6.45) is 2.85. The predicted octanol–water partition coefficient (Wildman–Crippen LogP) is 2.52. The Bertz CT molecular complexity index is 561. The van der Waals surface area contributed by atoms with Crippen LogP contribution in [-0.4, -0.2) is 40.9 Å². The SMILES string of the molecule is C=CCc1cc(CC2SCN(OCC)C2=O)cc(OC)c1O. The number of rotatable bonds is 7. The number of phenols is 1. The van der Waals surface area contributed by atoms with E-state index in [1.807, 2.05) is 13.0 Å². The summed E-state index contributed by atoms with van der Waals surface area (Å²) in [6, 6.07) is 3.68. The van der Waals surface area contributed by atoms with E-state index in [9.17, 15) is 9.90 Å². The van der Waals surface area contributed by atoms with Crippen LogP contribution >= 0.6 is 11.8 Å². The van der Waals surface area contributed by atoms with Crippen molar-refractivity contribution in [3.05, 3.63) is 35.9 Å². The second-order valence-corrected chi connectivity index (χ2v) is 6.08. The number of hydrogen-bond acceptors (Lipinski definition) is 5. The van der Waals surface area contributed by atoms with Crippen molar-refractivity contribution in [3.8, 4) is 11.5 Å². The molecule has 1 aromatic rings. The molecule has 0 radical (unpaired) electrons. The van der Waals surface area contributed by atoms with Gasteiger partial charge < -0.3 is 9.84 Å². The summed E-state index contributed by atoms with van der Waals surface area (Å²) in [5.74, 6) is 1.09. The van der Waals surface area contributed by atoms with E-state index in [1.165, 1.54) is 12.2 Å². The Balaban J connectivity index is 2.17. The number of thioether (sulfide) groups is 1. The summed E-state index contributed by atoms with van der Waals surface area (Å²) in [5.41, 5.74) is 1.71. The van der Waals surface area contributed by atoms with Crippen molar-refractivity contribution in [2.24, 2.45) is 0 Å². The maximum atomic E-state index is 12.2. The largest absolute Gasteiger partial charge is 0.504 e. The van der Waals surface area contributed by atoms with Crippen LogP contribution in [0, 0.1) is 0 Å². The number of methoxy groups -OCH3 is 1. The van der Waals surface area contributed by atoms with Gasteiger partial charge in [-0.2, -0.15) is 0 Å². The number of carbonyl (C=O) groups excluding carboxylic acids is 1. The number of benzene rings is 1. The van der Waals surface area contributed by atoms with Gasteiger partial charge in [-0.25, -0.2) is 5.06 Å². The Kier molecular flexibility index (Phi) is 5.74. The topological polar surface area (TPSA) is 59.0 Å². The third-order valence-corrected chi connectivity index (χ3v) is 4.57. The van der Waals surface area contributed by atoms with Crippen LogP contribution in [0.2, 0.25) is 0 Å². The van der Waals surface area contributed by atoms with Crippen molar-refractivity contribution < 1.29 is 19.5 Å². The minimum absolute atomic E-state index is 0.0100. The first-order valence-corrected chi connectivity index (χ1v) is 8.21. The van der Waals surface area contributed by atoms with Gasteiger partial charge in [0.2, 0.25) is 0 Å². The monoisotopic (exact) mass is 323 g/mol. The van der Waals surface area contributed by atoms with Crippen LogP contribution in [-0.2, 0) is 22.5 Å². The zero-order valence-corrected chi connectivity index (χ0v) is 13.7. The molecule has 0 aliphatic carbocycles. The van der Waals surface area contributed by atoms with Gasteiger partial charge in [0, 0.05) is 5.56 Å². The fourth-order valence-electron chi connectivity index (χ4n) is 2.38. The van der Waals surface area contributed by atoms with Crippen LogP contribution in [0.1, 0.15) is 18.1 Å². The molecule has 1 fully saturated rings. The maximum Gasteiger partial charge on any atom is 0.260 e. The van der Waals surface area contributed by atoms with E-state index in [1.54, 1.807) is 23.9 Å². The number of carbonyl (C=O) groups is 1. The van der Waals surface area contributed by atoms with Gasteiger partial charge in [0.25, 0.3) is 5.91 Å². The molecule has 0 spiro atoms. The van der Waals surface area contributed by atoms with Crippen molar-refractivity contribution in [1.29, 1.82) is 0 Å². The Morgan fingerprint density at radius 1 is 1.55 bits per heavy atom. The van der Waals surface area contributed by atoms with Crippen LogP contribution < -0.4 is 4.74 Å². The van der Waals surface area contributed by atoms with Gasteiger partial charge >= 0.3 is 0 Å². The summed E-state index contributed by atoms with van der Waals surface area (Å²) in [6.45, 7) is 6.04. The summed E-state index contributed by atoms with van der Waals surface area (Å²) < 4.78 is 5.21. The molecule has 1 aliphatic rings. The number of amides is 1. The third kappa shape index (κ3) is 3.56. The van der Waals surface area contributed by atoms with E-state index in [-0.39, 0.29) is 16.9 Å². The lowest BCUT2D eigenvalue weighted by Crippen LogP contribution is -2.30. The molecule has 1 N–H and O–H groups in total. The molecule has 5 nitrogen and oxygen atoms in total. The molecule has 1 aliphatic heterocycles. The smallest absolute Gasteiger partial charge is 0.260 e. The molecule has 1 atom stereocenters. The van der Waals surface area contributed by atoms with E-state index in [0.29, 0.717) is 31.1 Å². The molecule has 1 aromatic carbocycles. The summed E-state index contributed by atoms with van der Waals surface area (Å²) in [7, 11) is 1.52. The van der Waals surface area contributed by atoms with Gasteiger partial charge in [0.15, 0.2) is 11.5 Å². The first-order chi connectivity index (χ1) is 10.6. The normalized spacial score (nSPS) is 17.8. The third-order valence-electron chi connectivity index (χ3n) is 3.42. The molecule has 1 heterocycles. The van der Waals surface area contributed by atoms with Crippen molar-refractivity contribution in [3.63, 3.8) is 0 Å². The first kappa shape index (κ1) is 16.7. The second kappa shape index (κ2) is 7.56. The number of hydroxylamine groups is 2. The molecule has 0 bridgehead atoms. The van der Waals surface area contributed by atoms with E-state index in [2.05, 4.69) is 6.58 Å². The zero-order chi connectivity index (χ0) is 16.1. The molecule has 1 unspecified atom stereocenters. The minimum Gasteiger partial charge on any atom is -0.504 e. The fourth-order valence-corrected chi connectivity index (χ4v) is 3.47. The average molecular weight is 323 g/mol. The lowest BCUT2D eigenvalue weighted by atomic mass is 10.0. The van der Waals surface area contributed by atoms with Crippen LogP contribution in [0.3, 0.4) is 0 Å². The molecular formula is C16H21NO4S. The van der Waals surface area contributed by atoms with Crippen molar-refractivity contribution in [1.82, 2.24) is 5.06 Å². The number of allylic oxidation sites excluding steroid dienone is 1. The Morgan fingerprint density at radius 2 is 2.32 bits per heavy atom. The van der Waals surface area contributed by atoms with E-state index in [4.69, 9.17) is 9.57 Å². The molecule has 0 saturated carbocycles. The molecular weight excluding hydrogens is 302 g/mol. The number of ether oxygens (including phenoxy) is 1. The standard InChI is InChI=1S/C16H21NO4S/c1-4-6-12-7-11(8-13(20-3)15(12)18)9-14-16(19)17(10-22-14)21-5-2/h4,7-8,14,18H,1,5-6,9-10H2,2-3H3. The summed E-state index contributed by atoms with van der Waals surface area (Å²) in [4.78, 5) is 17.5. The zero-order valence-electron chi connectivity index (χ0n) is 12.9. The quantitative estimate of drug-likeness (QED) is 0.781. The highest BCUT2D eigenvalue weighted by Gasteiger charge is 2.33. The van der Waals surface area contributed by atoms with Gasteiger partial charge in [-0.3, -0.25) is 9.63 Å². The highest BCUT2D eigenvalue weighted by molar-refractivity contribution is 8.01. The highest BCUT2D eigenvalue weighted by atomic mass is 32.2. The van der Waals surface area contributed by atoms with Crippen molar-refractivity contribution >= 4 is 17.7 Å². The van der Waals surface area contributed by atoms with Crippen molar-refractivity contribution in [2.45, 2.75) is 25.0 Å². The maximum absolute atomic E-state index is 12.2. The van der Waals surface area contributed by atoms with E-state index in [0.717, 1.165) is 11.1 Å². The van der Waals surface area contributed by atoms with E-state index < -0.39 is 0 Å². The van der Waals surface area contributed by atoms with Crippen LogP contribution in [0.5, 0.6) is 11.5 Å². The molecule has 120 valence electrons. The Hall–Kier alpha value is -1.66. The predicted molar refractivity (Wildman–Crippen MR) is 87.0 cm³/mol. The van der Waals surface area contributed by atoms with Crippen LogP contribution in [0.4, 0.5) is 0 Å². The van der Waals surface area contributed by atoms with Gasteiger partial charge in [0.05, 0.1) is 24.8 Å². The first-order valence-electron chi connectivity index (χ1n) is 7.16. The number of aromatic hydroxyl groups is 1. The molecule has 22 heavy (non-hydrogen) atoms. The molecule has 6 heteroatoms. The number of phenolic OH excluding ortho intramolecular Hbond substituents is 1. The average Bonchev–Trinajstić information content (AvgIpc) is 2.84.